The molecule has 4 rings (SSSR count). The third-order valence-electron chi connectivity index (χ3n) is 5.87. The quantitative estimate of drug-likeness (QED) is 0.719. The van der Waals surface area contributed by atoms with E-state index in [-0.39, 0.29) is 24.3 Å². The largest absolute Gasteiger partial charge is 0.336 e. The molecule has 7 heteroatoms. The van der Waals surface area contributed by atoms with Gasteiger partial charge in [-0.15, -0.1) is 0 Å². The predicted molar refractivity (Wildman–Crippen MR) is 121 cm³/mol. The molecule has 1 atom stereocenters. The van der Waals surface area contributed by atoms with Crippen molar-refractivity contribution in [3.8, 4) is 0 Å². The van der Waals surface area contributed by atoms with Crippen molar-refractivity contribution in [1.29, 1.82) is 0 Å². The van der Waals surface area contributed by atoms with Gasteiger partial charge >= 0.3 is 6.03 Å². The molecule has 2 aromatic rings. The summed E-state index contributed by atoms with van der Waals surface area (Å²) < 4.78 is 0. The summed E-state index contributed by atoms with van der Waals surface area (Å²) >= 11 is 0. The van der Waals surface area contributed by atoms with Crippen LogP contribution in [0.4, 0.5) is 21.9 Å². The maximum atomic E-state index is 12.7. The third-order valence-corrected chi connectivity index (χ3v) is 5.87. The lowest BCUT2D eigenvalue weighted by atomic mass is 10.1. The highest BCUT2D eigenvalue weighted by Gasteiger charge is 2.35. The summed E-state index contributed by atoms with van der Waals surface area (Å²) in [7, 11) is 0. The topological polar surface area (TPSA) is 81.8 Å². The fourth-order valence-electron chi connectivity index (χ4n) is 4.04. The number of carbonyl (C=O) groups excluding carboxylic acids is 3. The van der Waals surface area contributed by atoms with Gasteiger partial charge in [0.15, 0.2) is 0 Å². The normalized spacial score (nSPS) is 18.4. The molecule has 0 saturated carbocycles. The second-order valence-electron chi connectivity index (χ2n) is 8.10. The lowest BCUT2D eigenvalue weighted by Crippen LogP contribution is -2.28. The van der Waals surface area contributed by atoms with E-state index in [1.54, 1.807) is 21.9 Å². The van der Waals surface area contributed by atoms with Gasteiger partial charge < -0.3 is 15.5 Å². The molecule has 0 spiro atoms. The number of nitrogens with one attached hydrogen (secondary N) is 2. The second-order valence-corrected chi connectivity index (χ2v) is 8.10. The number of hydrogen-bond donors (Lipinski definition) is 2. The maximum Gasteiger partial charge on any atom is 0.321 e. The van der Waals surface area contributed by atoms with Crippen LogP contribution in [0.25, 0.3) is 0 Å². The molecule has 31 heavy (non-hydrogen) atoms. The van der Waals surface area contributed by atoms with E-state index >= 15 is 0 Å². The number of nitrogens with zero attached hydrogens (tertiary/aromatic N) is 2. The van der Waals surface area contributed by atoms with Crippen molar-refractivity contribution in [2.45, 2.75) is 32.6 Å². The summed E-state index contributed by atoms with van der Waals surface area (Å²) in [4.78, 5) is 40.4. The summed E-state index contributed by atoms with van der Waals surface area (Å²) in [6.07, 6.45) is 3.54. The summed E-state index contributed by atoms with van der Waals surface area (Å²) in [5, 5.41) is 5.67. The summed E-state index contributed by atoms with van der Waals surface area (Å²) in [6, 6.07) is 15.1. The van der Waals surface area contributed by atoms with Crippen LogP contribution in [0.5, 0.6) is 0 Å². The van der Waals surface area contributed by atoms with Gasteiger partial charge in [0.2, 0.25) is 11.8 Å². The van der Waals surface area contributed by atoms with Crippen LogP contribution in [0.2, 0.25) is 0 Å². The van der Waals surface area contributed by atoms with Crippen LogP contribution in [-0.4, -0.2) is 37.5 Å². The van der Waals surface area contributed by atoms with E-state index in [0.29, 0.717) is 25.3 Å². The van der Waals surface area contributed by atoms with E-state index in [4.69, 9.17) is 0 Å². The van der Waals surface area contributed by atoms with Crippen LogP contribution in [0, 0.1) is 5.92 Å². The van der Waals surface area contributed by atoms with Crippen molar-refractivity contribution in [3.63, 3.8) is 0 Å². The zero-order chi connectivity index (χ0) is 21.8. The van der Waals surface area contributed by atoms with Crippen molar-refractivity contribution < 1.29 is 14.4 Å². The van der Waals surface area contributed by atoms with Crippen molar-refractivity contribution in [1.82, 2.24) is 5.32 Å². The fourth-order valence-corrected chi connectivity index (χ4v) is 4.04. The van der Waals surface area contributed by atoms with Crippen LogP contribution in [0.3, 0.4) is 0 Å². The Balaban J connectivity index is 1.35. The molecule has 4 amide bonds. The van der Waals surface area contributed by atoms with Crippen molar-refractivity contribution in [2.24, 2.45) is 5.92 Å². The Morgan fingerprint density at radius 2 is 1.71 bits per heavy atom. The summed E-state index contributed by atoms with van der Waals surface area (Å²) in [6.45, 7) is 3.81. The first-order valence-corrected chi connectivity index (χ1v) is 10.9. The minimum atomic E-state index is -0.392. The molecule has 0 aliphatic carbocycles. The van der Waals surface area contributed by atoms with Gasteiger partial charge in [-0.3, -0.25) is 14.5 Å². The number of carbonyl (C=O) groups is 3. The molecule has 2 aromatic carbocycles. The van der Waals surface area contributed by atoms with E-state index < -0.39 is 5.92 Å². The van der Waals surface area contributed by atoms with Crippen LogP contribution in [-0.2, 0) is 16.0 Å². The van der Waals surface area contributed by atoms with Gasteiger partial charge in [0, 0.05) is 43.1 Å². The average Bonchev–Trinajstić information content (AvgIpc) is 3.39. The Morgan fingerprint density at radius 1 is 1.03 bits per heavy atom. The Bertz CT molecular complexity index is 956. The van der Waals surface area contributed by atoms with E-state index in [0.717, 1.165) is 30.6 Å². The lowest BCUT2D eigenvalue weighted by Gasteiger charge is -2.17. The standard InChI is InChI=1S/C24H28N4O3/c1-2-3-4-17-5-9-21(10-6-17)28-16-18(15-22(28)29)23(30)26-19-7-11-20(12-8-19)27-14-13-25-24(27)31/h5-12,18H,2-4,13-16H2,1H3,(H,25,31)(H,26,30). The predicted octanol–water partition coefficient (Wildman–Crippen LogP) is 3.55. The maximum absolute atomic E-state index is 12.7. The molecule has 2 fully saturated rings. The van der Waals surface area contributed by atoms with Crippen molar-refractivity contribution in [3.05, 3.63) is 54.1 Å². The summed E-state index contributed by atoms with van der Waals surface area (Å²) in [5.41, 5.74) is 3.55. The average molecular weight is 421 g/mol. The number of aryl methyl sites for hydroxylation is 1. The molecular weight excluding hydrogens is 392 g/mol. The van der Waals surface area contributed by atoms with E-state index in [1.165, 1.54) is 5.56 Å². The Kier molecular flexibility index (Phi) is 6.21. The SMILES string of the molecule is CCCCc1ccc(N2CC(C(=O)Nc3ccc(N4CCNC4=O)cc3)CC2=O)cc1. The molecule has 2 aliphatic rings. The molecule has 1 unspecified atom stereocenters. The molecule has 2 heterocycles. The first-order chi connectivity index (χ1) is 15.0. The zero-order valence-corrected chi connectivity index (χ0v) is 17.8. The molecule has 0 aromatic heterocycles. The Labute approximate surface area is 182 Å². The number of benzene rings is 2. The third kappa shape index (κ3) is 4.71. The zero-order valence-electron chi connectivity index (χ0n) is 17.8. The van der Waals surface area contributed by atoms with Crippen LogP contribution >= 0.6 is 0 Å². The summed E-state index contributed by atoms with van der Waals surface area (Å²) in [5.74, 6) is -0.588. The monoisotopic (exact) mass is 420 g/mol. The Hall–Kier alpha value is -3.35. The van der Waals surface area contributed by atoms with Crippen LogP contribution < -0.4 is 20.4 Å². The molecule has 2 aliphatic heterocycles. The first-order valence-electron chi connectivity index (χ1n) is 10.9. The minimum absolute atomic E-state index is 0.0307. The highest BCUT2D eigenvalue weighted by Crippen LogP contribution is 2.27. The highest BCUT2D eigenvalue weighted by atomic mass is 16.2. The highest BCUT2D eigenvalue weighted by molar-refractivity contribution is 6.03. The van der Waals surface area contributed by atoms with Gasteiger partial charge in [0.05, 0.1) is 5.92 Å². The molecule has 0 bridgehead atoms. The van der Waals surface area contributed by atoms with Gasteiger partial charge in [-0.1, -0.05) is 25.5 Å². The molecule has 2 N–H and O–H groups in total. The molecule has 0 radical (unpaired) electrons. The first kappa shape index (κ1) is 20.9. The van der Waals surface area contributed by atoms with Gasteiger partial charge in [0.25, 0.3) is 0 Å². The number of hydrogen-bond acceptors (Lipinski definition) is 3. The molecule has 162 valence electrons. The van der Waals surface area contributed by atoms with Gasteiger partial charge in [0.1, 0.15) is 0 Å². The van der Waals surface area contributed by atoms with Crippen LogP contribution in [0.15, 0.2) is 48.5 Å². The number of urea groups is 1. The van der Waals surface area contributed by atoms with E-state index in [1.807, 2.05) is 24.3 Å². The molecular formula is C24H28N4O3. The number of unbranched alkanes of at least 4 members (excludes halogenated alkanes) is 1. The van der Waals surface area contributed by atoms with Gasteiger partial charge in [-0.2, -0.15) is 0 Å². The number of amides is 4. The minimum Gasteiger partial charge on any atom is -0.336 e. The fraction of sp³-hybridized carbons (Fsp3) is 0.375. The Morgan fingerprint density at radius 3 is 2.35 bits per heavy atom. The van der Waals surface area contributed by atoms with Crippen LogP contribution in [0.1, 0.15) is 31.7 Å². The van der Waals surface area contributed by atoms with Crippen molar-refractivity contribution >= 4 is 34.9 Å². The number of anilines is 3. The number of rotatable bonds is 7. The van der Waals surface area contributed by atoms with Gasteiger partial charge in [-0.05, 0) is 54.8 Å². The van der Waals surface area contributed by atoms with E-state index in [2.05, 4.69) is 29.7 Å². The molecule has 2 saturated heterocycles. The lowest BCUT2D eigenvalue weighted by molar-refractivity contribution is -0.122. The van der Waals surface area contributed by atoms with Crippen molar-refractivity contribution in [2.75, 3.05) is 34.8 Å². The van der Waals surface area contributed by atoms with E-state index in [9.17, 15) is 14.4 Å². The smallest absolute Gasteiger partial charge is 0.321 e. The second kappa shape index (κ2) is 9.20. The van der Waals surface area contributed by atoms with Gasteiger partial charge in [-0.25, -0.2) is 4.79 Å². The molecule has 7 nitrogen and oxygen atoms in total.